The Bertz CT molecular complexity index is 154. The highest BCUT2D eigenvalue weighted by Crippen LogP contribution is 2.12. The fourth-order valence-electron chi connectivity index (χ4n) is 0.644. The van der Waals surface area contributed by atoms with Gasteiger partial charge in [-0.05, 0) is 0 Å². The fourth-order valence-corrected chi connectivity index (χ4v) is 0.644. The van der Waals surface area contributed by atoms with Crippen LogP contribution in [0, 0.1) is 0 Å². The number of aliphatic hydroxyl groups excluding tert-OH is 5. The summed E-state index contributed by atoms with van der Waals surface area (Å²) in [4.78, 5) is 0. The van der Waals surface area contributed by atoms with E-state index in [1.54, 1.807) is 0 Å². The molecule has 6 N–H and O–H groups in total. The molecule has 12 heavy (non-hydrogen) atoms. The summed E-state index contributed by atoms with van der Waals surface area (Å²) in [7, 11) is 0. The molecule has 0 spiro atoms. The molecule has 0 saturated carbocycles. The Labute approximate surface area is 70.7 Å². The van der Waals surface area contributed by atoms with E-state index in [4.69, 9.17) is 26.9 Å². The van der Waals surface area contributed by atoms with Crippen molar-refractivity contribution >= 4 is 0 Å². The number of hydrogen-bond acceptors (Lipinski definition) is 6. The van der Waals surface area contributed by atoms with E-state index in [9.17, 15) is 5.11 Å². The Morgan fingerprint density at radius 3 is 2.00 bits per heavy atom. The molecule has 0 aromatic heterocycles. The van der Waals surface area contributed by atoms with Crippen LogP contribution in [0.3, 0.4) is 0 Å². The van der Waals surface area contributed by atoms with E-state index in [-0.39, 0.29) is 0 Å². The van der Waals surface area contributed by atoms with Gasteiger partial charge in [0.05, 0.1) is 21.2 Å². The standard InChI is InChI=1S/C6H14O6/c7-1-4(10)5(11)6(12,2-8)3-9/h4-5,7-12H,1-3H2/t4-,5-/m1/s1/i2D/t2?,4-,5-,6+. The second-order valence-electron chi connectivity index (χ2n) is 2.47. The lowest BCUT2D eigenvalue weighted by molar-refractivity contribution is -0.170. The van der Waals surface area contributed by atoms with Crippen molar-refractivity contribution in [3.05, 3.63) is 0 Å². The zero-order valence-electron chi connectivity index (χ0n) is 7.33. The second-order valence-corrected chi connectivity index (χ2v) is 2.47. The summed E-state index contributed by atoms with van der Waals surface area (Å²) in [5, 5.41) is 52.9. The van der Waals surface area contributed by atoms with Gasteiger partial charge < -0.3 is 30.6 Å². The van der Waals surface area contributed by atoms with Gasteiger partial charge in [-0.1, -0.05) is 0 Å². The minimum Gasteiger partial charge on any atom is -0.394 e. The Hall–Kier alpha value is -0.240. The first kappa shape index (κ1) is 9.85. The van der Waals surface area contributed by atoms with Crippen LogP contribution in [0.2, 0.25) is 0 Å². The first-order chi connectivity index (χ1) is 5.90. The van der Waals surface area contributed by atoms with Crippen LogP contribution < -0.4 is 0 Å². The molecule has 0 rings (SSSR count). The average Bonchev–Trinajstić information content (AvgIpc) is 2.13. The molecule has 0 aromatic carbocycles. The van der Waals surface area contributed by atoms with Crippen LogP contribution in [0.1, 0.15) is 1.37 Å². The molecule has 74 valence electrons. The lowest BCUT2D eigenvalue weighted by atomic mass is 9.95. The molecule has 4 atom stereocenters. The molecule has 1 unspecified atom stereocenters. The van der Waals surface area contributed by atoms with Gasteiger partial charge in [0.25, 0.3) is 0 Å². The van der Waals surface area contributed by atoms with Crippen LogP contribution in [-0.4, -0.2) is 68.2 Å². The summed E-state index contributed by atoms with van der Waals surface area (Å²) in [6.07, 6.45) is -3.72. The summed E-state index contributed by atoms with van der Waals surface area (Å²) in [6.45, 7) is -4.12. The van der Waals surface area contributed by atoms with Crippen LogP contribution in [0.15, 0.2) is 0 Å². The minimum absolute atomic E-state index is 0.851. The maximum atomic E-state index is 9.26. The predicted molar refractivity (Wildman–Crippen MR) is 38.2 cm³/mol. The van der Waals surface area contributed by atoms with Crippen LogP contribution >= 0.6 is 0 Å². The van der Waals surface area contributed by atoms with Crippen LogP contribution in [0.4, 0.5) is 0 Å². The van der Waals surface area contributed by atoms with Crippen molar-refractivity contribution in [2.24, 2.45) is 0 Å². The fraction of sp³-hybridized carbons (Fsp3) is 1.00. The number of rotatable bonds is 5. The molecular formula is C6H14O6. The van der Waals surface area contributed by atoms with E-state index in [1.807, 2.05) is 0 Å². The van der Waals surface area contributed by atoms with Crippen LogP contribution in [-0.2, 0) is 0 Å². The Kier molecular flexibility index (Phi) is 3.86. The van der Waals surface area contributed by atoms with Crippen molar-refractivity contribution in [1.29, 1.82) is 0 Å². The molecule has 0 heterocycles. The zero-order valence-corrected chi connectivity index (χ0v) is 6.33. The van der Waals surface area contributed by atoms with E-state index in [2.05, 4.69) is 0 Å². The lowest BCUT2D eigenvalue weighted by Gasteiger charge is -2.31. The Morgan fingerprint density at radius 2 is 1.75 bits per heavy atom. The largest absolute Gasteiger partial charge is 0.394 e. The molecule has 0 radical (unpaired) electrons. The van der Waals surface area contributed by atoms with Gasteiger partial charge in [0.15, 0.2) is 0 Å². The van der Waals surface area contributed by atoms with Gasteiger partial charge in [0.2, 0.25) is 0 Å². The van der Waals surface area contributed by atoms with Gasteiger partial charge in [-0.25, -0.2) is 0 Å². The molecule has 6 heteroatoms. The molecule has 0 saturated heterocycles. The summed E-state index contributed by atoms with van der Waals surface area (Å²) in [5.41, 5.74) is -2.55. The maximum Gasteiger partial charge on any atom is 0.139 e. The Balaban J connectivity index is 4.55. The third kappa shape index (κ3) is 2.37. The second kappa shape index (κ2) is 4.70. The van der Waals surface area contributed by atoms with Gasteiger partial charge in [-0.15, -0.1) is 0 Å². The molecular weight excluding hydrogens is 168 g/mol. The molecule has 6 nitrogen and oxygen atoms in total. The quantitative estimate of drug-likeness (QED) is 0.262. The molecule has 0 aliphatic heterocycles. The summed E-state index contributed by atoms with van der Waals surface area (Å²) < 4.78 is 6.72. The average molecular weight is 183 g/mol. The first-order valence-corrected chi connectivity index (χ1v) is 3.30. The van der Waals surface area contributed by atoms with Gasteiger partial charge in [0.1, 0.15) is 17.8 Å². The van der Waals surface area contributed by atoms with Crippen molar-refractivity contribution in [2.45, 2.75) is 17.8 Å². The SMILES string of the molecule is [2H]C(O)[C@](O)(CO)[C@H](O)[C@H](O)CO. The third-order valence-electron chi connectivity index (χ3n) is 1.54. The highest BCUT2D eigenvalue weighted by atomic mass is 16.4. The van der Waals surface area contributed by atoms with E-state index >= 15 is 0 Å². The van der Waals surface area contributed by atoms with Gasteiger partial charge in [-0.3, -0.25) is 0 Å². The lowest BCUT2D eigenvalue weighted by Crippen LogP contribution is -2.55. The minimum atomic E-state index is -2.55. The molecule has 0 aliphatic carbocycles. The highest BCUT2D eigenvalue weighted by Gasteiger charge is 2.38. The highest BCUT2D eigenvalue weighted by molar-refractivity contribution is 4.89. The molecule has 0 aromatic rings. The first-order valence-electron chi connectivity index (χ1n) is 3.88. The van der Waals surface area contributed by atoms with Crippen molar-refractivity contribution in [3.63, 3.8) is 0 Å². The van der Waals surface area contributed by atoms with E-state index in [1.165, 1.54) is 0 Å². The number of hydrogen-bond donors (Lipinski definition) is 6. The Morgan fingerprint density at radius 1 is 1.25 bits per heavy atom. The summed E-state index contributed by atoms with van der Waals surface area (Å²) >= 11 is 0. The molecule has 0 aliphatic rings. The monoisotopic (exact) mass is 183 g/mol. The van der Waals surface area contributed by atoms with Crippen molar-refractivity contribution < 1.29 is 32.0 Å². The van der Waals surface area contributed by atoms with Crippen molar-refractivity contribution in [1.82, 2.24) is 0 Å². The smallest absolute Gasteiger partial charge is 0.139 e. The van der Waals surface area contributed by atoms with E-state index < -0.39 is 37.6 Å². The zero-order chi connectivity index (χ0) is 10.6. The summed E-state index contributed by atoms with van der Waals surface area (Å²) in [6, 6.07) is 0. The van der Waals surface area contributed by atoms with Crippen molar-refractivity contribution in [3.8, 4) is 0 Å². The van der Waals surface area contributed by atoms with E-state index in [0.29, 0.717) is 0 Å². The molecule has 0 amide bonds. The van der Waals surface area contributed by atoms with E-state index in [0.717, 1.165) is 0 Å². The molecule has 0 fully saturated rings. The van der Waals surface area contributed by atoms with Crippen LogP contribution in [0.5, 0.6) is 0 Å². The topological polar surface area (TPSA) is 121 Å². The number of aliphatic hydroxyl groups is 6. The van der Waals surface area contributed by atoms with Gasteiger partial charge in [0, 0.05) is 0 Å². The van der Waals surface area contributed by atoms with Gasteiger partial charge >= 0.3 is 0 Å². The van der Waals surface area contributed by atoms with Crippen LogP contribution in [0.25, 0.3) is 0 Å². The predicted octanol–water partition coefficient (Wildman–Crippen LogP) is -3.58. The van der Waals surface area contributed by atoms with Gasteiger partial charge in [-0.2, -0.15) is 0 Å². The van der Waals surface area contributed by atoms with Crippen molar-refractivity contribution in [2.75, 3.05) is 19.8 Å². The maximum absolute atomic E-state index is 9.26. The summed E-state index contributed by atoms with van der Waals surface area (Å²) in [5.74, 6) is 0. The molecule has 0 bridgehead atoms. The normalized spacial score (nSPS) is 25.3. The third-order valence-corrected chi connectivity index (χ3v) is 1.54.